The van der Waals surface area contributed by atoms with E-state index in [0.717, 1.165) is 25.9 Å². The molecule has 0 radical (unpaired) electrons. The highest BCUT2D eigenvalue weighted by atomic mass is 16.5. The van der Waals surface area contributed by atoms with Gasteiger partial charge in [0.25, 0.3) is 0 Å². The third-order valence-corrected chi connectivity index (χ3v) is 3.44. The Kier molecular flexibility index (Phi) is 3.95. The molecule has 0 amide bonds. The Morgan fingerprint density at radius 3 is 2.63 bits per heavy atom. The van der Waals surface area contributed by atoms with Crippen molar-refractivity contribution in [1.82, 2.24) is 5.32 Å². The van der Waals surface area contributed by atoms with Gasteiger partial charge < -0.3 is 19.9 Å². The summed E-state index contributed by atoms with van der Waals surface area (Å²) in [6.07, 6.45) is 1.67. The molecular formula is C14H19NO4. The molecule has 0 bridgehead atoms. The van der Waals surface area contributed by atoms with Crippen LogP contribution in [0, 0.1) is 0 Å². The fourth-order valence-corrected chi connectivity index (χ4v) is 2.25. The lowest BCUT2D eigenvalue weighted by Crippen LogP contribution is -2.44. The van der Waals surface area contributed by atoms with Crippen LogP contribution in [-0.4, -0.2) is 36.9 Å². The van der Waals surface area contributed by atoms with Gasteiger partial charge in [-0.05, 0) is 45.0 Å². The molecule has 1 saturated heterocycles. The van der Waals surface area contributed by atoms with Gasteiger partial charge >= 0.3 is 5.97 Å². The summed E-state index contributed by atoms with van der Waals surface area (Å²) in [5, 5.41) is 12.5. The van der Waals surface area contributed by atoms with Crippen LogP contribution in [0.5, 0.6) is 11.5 Å². The molecule has 1 heterocycles. The van der Waals surface area contributed by atoms with Crippen LogP contribution >= 0.6 is 0 Å². The minimum absolute atomic E-state index is 0.138. The van der Waals surface area contributed by atoms with Crippen molar-refractivity contribution in [2.24, 2.45) is 0 Å². The van der Waals surface area contributed by atoms with Crippen LogP contribution in [0.15, 0.2) is 18.2 Å². The van der Waals surface area contributed by atoms with Gasteiger partial charge in [0.1, 0.15) is 11.2 Å². The quantitative estimate of drug-likeness (QED) is 0.870. The van der Waals surface area contributed by atoms with Crippen molar-refractivity contribution < 1.29 is 19.4 Å². The second-order valence-electron chi connectivity index (χ2n) is 4.94. The lowest BCUT2D eigenvalue weighted by molar-refractivity contribution is 0.0485. The van der Waals surface area contributed by atoms with Gasteiger partial charge in [-0.1, -0.05) is 6.07 Å². The van der Waals surface area contributed by atoms with Crippen LogP contribution in [0.25, 0.3) is 0 Å². The molecule has 0 atom stereocenters. The summed E-state index contributed by atoms with van der Waals surface area (Å²) in [6, 6.07) is 4.90. The molecule has 104 valence electrons. The Morgan fingerprint density at radius 2 is 2.05 bits per heavy atom. The second kappa shape index (κ2) is 5.48. The molecule has 1 aromatic carbocycles. The largest absolute Gasteiger partial charge is 0.493 e. The summed E-state index contributed by atoms with van der Waals surface area (Å²) in [5.41, 5.74) is -0.219. The summed E-state index contributed by atoms with van der Waals surface area (Å²) in [6.45, 7) is 3.74. The number of methoxy groups -OCH3 is 1. The zero-order valence-electron chi connectivity index (χ0n) is 11.2. The number of ether oxygens (including phenoxy) is 2. The highest BCUT2D eigenvalue weighted by Crippen LogP contribution is 2.36. The van der Waals surface area contributed by atoms with Crippen LogP contribution < -0.4 is 14.8 Å². The van der Waals surface area contributed by atoms with Crippen molar-refractivity contribution in [2.75, 3.05) is 20.2 Å². The number of para-hydroxylation sites is 1. The first kappa shape index (κ1) is 13.7. The molecule has 0 spiro atoms. The summed E-state index contributed by atoms with van der Waals surface area (Å²) in [7, 11) is 1.51. The topological polar surface area (TPSA) is 67.8 Å². The zero-order valence-corrected chi connectivity index (χ0v) is 11.2. The molecule has 0 unspecified atom stereocenters. The normalized spacial score (nSPS) is 17.8. The lowest BCUT2D eigenvalue weighted by atomic mass is 9.94. The van der Waals surface area contributed by atoms with Gasteiger partial charge in [-0.2, -0.15) is 0 Å². The predicted octanol–water partition coefficient (Wildman–Crippen LogP) is 1.91. The van der Waals surface area contributed by atoms with E-state index in [-0.39, 0.29) is 11.2 Å². The fraction of sp³-hybridized carbons (Fsp3) is 0.500. The van der Waals surface area contributed by atoms with Crippen molar-refractivity contribution in [1.29, 1.82) is 0 Å². The maximum Gasteiger partial charge on any atom is 0.339 e. The van der Waals surface area contributed by atoms with Crippen molar-refractivity contribution >= 4 is 5.97 Å². The maximum atomic E-state index is 11.3. The average molecular weight is 265 g/mol. The van der Waals surface area contributed by atoms with Gasteiger partial charge in [-0.15, -0.1) is 0 Å². The van der Waals surface area contributed by atoms with Gasteiger partial charge in [0.05, 0.1) is 7.11 Å². The van der Waals surface area contributed by atoms with E-state index in [9.17, 15) is 9.90 Å². The predicted molar refractivity (Wildman–Crippen MR) is 71.1 cm³/mol. The monoisotopic (exact) mass is 265 g/mol. The third-order valence-electron chi connectivity index (χ3n) is 3.44. The first-order valence-corrected chi connectivity index (χ1v) is 6.36. The fourth-order valence-electron chi connectivity index (χ4n) is 2.25. The lowest BCUT2D eigenvalue weighted by Gasteiger charge is -2.35. The average Bonchev–Trinajstić information content (AvgIpc) is 2.39. The molecule has 1 fully saturated rings. The summed E-state index contributed by atoms with van der Waals surface area (Å²) in [5.74, 6) is -0.229. The first-order valence-electron chi connectivity index (χ1n) is 6.36. The van der Waals surface area contributed by atoms with Crippen LogP contribution in [-0.2, 0) is 0 Å². The third kappa shape index (κ3) is 2.98. The summed E-state index contributed by atoms with van der Waals surface area (Å²) in [4.78, 5) is 11.3. The number of aromatic carboxylic acids is 1. The van der Waals surface area contributed by atoms with Crippen molar-refractivity contribution in [3.05, 3.63) is 23.8 Å². The molecule has 5 heteroatoms. The number of rotatable bonds is 4. The molecule has 2 N–H and O–H groups in total. The van der Waals surface area contributed by atoms with Gasteiger partial charge in [0.15, 0.2) is 11.5 Å². The Labute approximate surface area is 112 Å². The number of carboxylic acids is 1. The van der Waals surface area contributed by atoms with Gasteiger partial charge in [0.2, 0.25) is 0 Å². The summed E-state index contributed by atoms with van der Waals surface area (Å²) < 4.78 is 11.2. The molecule has 5 nitrogen and oxygen atoms in total. The van der Waals surface area contributed by atoms with Gasteiger partial charge in [-0.25, -0.2) is 4.79 Å². The number of hydrogen-bond acceptors (Lipinski definition) is 4. The molecular weight excluding hydrogens is 246 g/mol. The highest BCUT2D eigenvalue weighted by Gasteiger charge is 2.31. The molecule has 2 rings (SSSR count). The molecule has 0 aromatic heterocycles. The van der Waals surface area contributed by atoms with E-state index in [1.807, 2.05) is 6.92 Å². The molecule has 1 aliphatic heterocycles. The highest BCUT2D eigenvalue weighted by molar-refractivity contribution is 5.92. The number of piperidine rings is 1. The molecule has 0 aliphatic carbocycles. The van der Waals surface area contributed by atoms with Crippen molar-refractivity contribution in [2.45, 2.75) is 25.4 Å². The van der Waals surface area contributed by atoms with E-state index in [0.29, 0.717) is 11.5 Å². The standard InChI is InChI=1S/C14H19NO4/c1-14(6-8-15-9-7-14)19-12-10(13(16)17)4-3-5-11(12)18-2/h3-5,15H,6-9H2,1-2H3,(H,16,17). The number of carboxylic acid groups (broad SMARTS) is 1. The Bertz CT molecular complexity index is 467. The van der Waals surface area contributed by atoms with E-state index in [1.165, 1.54) is 13.2 Å². The zero-order chi connectivity index (χ0) is 13.9. The Hall–Kier alpha value is -1.75. The van der Waals surface area contributed by atoms with Crippen LogP contribution in [0.4, 0.5) is 0 Å². The van der Waals surface area contributed by atoms with Crippen LogP contribution in [0.1, 0.15) is 30.1 Å². The van der Waals surface area contributed by atoms with Crippen molar-refractivity contribution in [3.63, 3.8) is 0 Å². The van der Waals surface area contributed by atoms with E-state index >= 15 is 0 Å². The number of nitrogens with one attached hydrogen (secondary N) is 1. The minimum Gasteiger partial charge on any atom is -0.493 e. The Balaban J connectivity index is 2.34. The summed E-state index contributed by atoms with van der Waals surface area (Å²) >= 11 is 0. The van der Waals surface area contributed by atoms with E-state index in [4.69, 9.17) is 9.47 Å². The van der Waals surface area contributed by atoms with Gasteiger partial charge in [0, 0.05) is 0 Å². The SMILES string of the molecule is COc1cccc(C(=O)O)c1OC1(C)CCNCC1. The molecule has 19 heavy (non-hydrogen) atoms. The van der Waals surface area contributed by atoms with Crippen molar-refractivity contribution in [3.8, 4) is 11.5 Å². The van der Waals surface area contributed by atoms with Crippen LogP contribution in [0.2, 0.25) is 0 Å². The first-order chi connectivity index (χ1) is 9.06. The van der Waals surface area contributed by atoms with Gasteiger partial charge in [-0.3, -0.25) is 0 Å². The molecule has 1 aliphatic rings. The van der Waals surface area contributed by atoms with Crippen LogP contribution in [0.3, 0.4) is 0 Å². The minimum atomic E-state index is -1.01. The number of carbonyl (C=O) groups is 1. The molecule has 1 aromatic rings. The number of benzene rings is 1. The van der Waals surface area contributed by atoms with E-state index in [1.54, 1.807) is 12.1 Å². The Morgan fingerprint density at radius 1 is 1.37 bits per heavy atom. The smallest absolute Gasteiger partial charge is 0.339 e. The number of hydrogen-bond donors (Lipinski definition) is 2. The maximum absolute atomic E-state index is 11.3. The van der Waals surface area contributed by atoms with E-state index < -0.39 is 5.97 Å². The molecule has 0 saturated carbocycles. The van der Waals surface area contributed by atoms with E-state index in [2.05, 4.69) is 5.32 Å². The second-order valence-corrected chi connectivity index (χ2v) is 4.94.